The van der Waals surface area contributed by atoms with E-state index in [1.165, 1.54) is 5.56 Å². The molecule has 0 bridgehead atoms. The van der Waals surface area contributed by atoms with Crippen LogP contribution in [0.3, 0.4) is 0 Å². The summed E-state index contributed by atoms with van der Waals surface area (Å²) in [5, 5.41) is 3.17. The first-order valence-corrected chi connectivity index (χ1v) is 7.42. The Morgan fingerprint density at radius 3 is 3.06 bits per heavy atom. The van der Waals surface area contributed by atoms with Gasteiger partial charge in [-0.3, -0.25) is 0 Å². The zero-order valence-corrected chi connectivity index (χ0v) is 10.9. The lowest BCUT2D eigenvalue weighted by Gasteiger charge is -2.07. The molecular formula is C13H16N2O2S. The van der Waals surface area contributed by atoms with Crippen molar-refractivity contribution >= 4 is 15.7 Å². The number of hydrogen-bond donors (Lipinski definition) is 2. The number of hydrogen-bond acceptors (Lipinski definition) is 3. The first-order valence-electron chi connectivity index (χ1n) is 5.93. The lowest BCUT2D eigenvalue weighted by Crippen LogP contribution is -2.24. The molecule has 1 heterocycles. The normalized spacial score (nSPS) is 13.7. The van der Waals surface area contributed by atoms with Crippen LogP contribution >= 0.6 is 0 Å². The molecule has 1 aromatic carbocycles. The maximum absolute atomic E-state index is 12.0. The molecular weight excluding hydrogens is 248 g/mol. The van der Waals surface area contributed by atoms with Gasteiger partial charge in [-0.25, -0.2) is 13.1 Å². The Hall–Kier alpha value is -1.51. The zero-order chi connectivity index (χ0) is 13.0. The van der Waals surface area contributed by atoms with Crippen LogP contribution in [-0.4, -0.2) is 21.5 Å². The molecule has 1 aliphatic heterocycles. The largest absolute Gasteiger partial charge is 0.384 e. The summed E-state index contributed by atoms with van der Waals surface area (Å²) < 4.78 is 26.6. The lowest BCUT2D eigenvalue weighted by atomic mass is 10.2. The van der Waals surface area contributed by atoms with E-state index in [0.29, 0.717) is 24.3 Å². The molecule has 0 unspecified atom stereocenters. The molecule has 1 aliphatic rings. The molecule has 0 saturated carbocycles. The Balaban J connectivity index is 2.08. The van der Waals surface area contributed by atoms with Crippen LogP contribution in [0, 0.1) is 12.3 Å². The smallest absolute Gasteiger partial charge is 0.240 e. The van der Waals surface area contributed by atoms with Gasteiger partial charge in [-0.1, -0.05) is 6.07 Å². The Morgan fingerprint density at radius 2 is 2.28 bits per heavy atom. The quantitative estimate of drug-likeness (QED) is 0.623. The van der Waals surface area contributed by atoms with Crippen molar-refractivity contribution in [3.8, 4) is 12.3 Å². The molecule has 0 spiro atoms. The van der Waals surface area contributed by atoms with E-state index in [4.69, 9.17) is 6.42 Å². The highest BCUT2D eigenvalue weighted by Gasteiger charge is 2.17. The first kappa shape index (κ1) is 12.9. The Kier molecular flexibility index (Phi) is 3.90. The summed E-state index contributed by atoms with van der Waals surface area (Å²) in [5.74, 6) is 2.48. The number of unbranched alkanes of at least 4 members (excludes halogenated alkanes) is 1. The Morgan fingerprint density at radius 1 is 1.44 bits per heavy atom. The first-order chi connectivity index (χ1) is 8.63. The van der Waals surface area contributed by atoms with E-state index < -0.39 is 10.0 Å². The molecule has 18 heavy (non-hydrogen) atoms. The molecule has 4 nitrogen and oxygen atoms in total. The van der Waals surface area contributed by atoms with Gasteiger partial charge >= 0.3 is 0 Å². The molecule has 5 heteroatoms. The fourth-order valence-electron chi connectivity index (χ4n) is 1.92. The fourth-order valence-corrected chi connectivity index (χ4v) is 3.02. The highest BCUT2D eigenvalue weighted by atomic mass is 32.2. The molecule has 2 rings (SSSR count). The standard InChI is InChI=1S/C13H16N2O2S/c1-2-3-4-8-15-18(16,17)12-6-5-11-7-9-14-13(11)10-12/h1,5-6,10,14-15H,3-4,7-9H2. The summed E-state index contributed by atoms with van der Waals surface area (Å²) in [7, 11) is -3.42. The third-order valence-electron chi connectivity index (χ3n) is 2.89. The summed E-state index contributed by atoms with van der Waals surface area (Å²) in [6.45, 7) is 1.24. The van der Waals surface area contributed by atoms with E-state index in [-0.39, 0.29) is 0 Å². The third-order valence-corrected chi connectivity index (χ3v) is 4.35. The van der Waals surface area contributed by atoms with E-state index in [1.54, 1.807) is 12.1 Å². The van der Waals surface area contributed by atoms with Gasteiger partial charge in [0.2, 0.25) is 10.0 Å². The van der Waals surface area contributed by atoms with Crippen LogP contribution in [0.15, 0.2) is 23.1 Å². The van der Waals surface area contributed by atoms with Gasteiger partial charge in [-0.2, -0.15) is 0 Å². The van der Waals surface area contributed by atoms with Crippen LogP contribution in [-0.2, 0) is 16.4 Å². The van der Waals surface area contributed by atoms with Crippen LogP contribution in [0.1, 0.15) is 18.4 Å². The van der Waals surface area contributed by atoms with Gasteiger partial charge in [-0.15, -0.1) is 12.3 Å². The maximum Gasteiger partial charge on any atom is 0.240 e. The van der Waals surface area contributed by atoms with E-state index in [9.17, 15) is 8.42 Å². The number of terminal acetylenes is 1. The lowest BCUT2D eigenvalue weighted by molar-refractivity contribution is 0.579. The summed E-state index contributed by atoms with van der Waals surface area (Å²) in [6, 6.07) is 5.20. The van der Waals surface area contributed by atoms with Crippen molar-refractivity contribution in [2.45, 2.75) is 24.2 Å². The molecule has 0 atom stereocenters. The topological polar surface area (TPSA) is 58.2 Å². The number of anilines is 1. The zero-order valence-electron chi connectivity index (χ0n) is 10.1. The average molecular weight is 264 g/mol. The number of fused-ring (bicyclic) bond motifs is 1. The van der Waals surface area contributed by atoms with Crippen LogP contribution in [0.5, 0.6) is 0 Å². The van der Waals surface area contributed by atoms with E-state index in [2.05, 4.69) is 16.0 Å². The van der Waals surface area contributed by atoms with Gasteiger partial charge in [0.05, 0.1) is 4.90 Å². The van der Waals surface area contributed by atoms with Crippen LogP contribution in [0.25, 0.3) is 0 Å². The molecule has 0 aliphatic carbocycles. The van der Waals surface area contributed by atoms with E-state index in [1.807, 2.05) is 6.07 Å². The van der Waals surface area contributed by atoms with Crippen LogP contribution in [0.2, 0.25) is 0 Å². The predicted octanol–water partition coefficient (Wildman–Crippen LogP) is 1.35. The van der Waals surface area contributed by atoms with Gasteiger partial charge in [0, 0.05) is 25.2 Å². The molecule has 0 fully saturated rings. The Bertz CT molecular complexity index is 573. The fraction of sp³-hybridized carbons (Fsp3) is 0.385. The monoisotopic (exact) mass is 264 g/mol. The highest BCUT2D eigenvalue weighted by molar-refractivity contribution is 7.89. The molecule has 0 amide bonds. The van der Waals surface area contributed by atoms with Crippen molar-refractivity contribution < 1.29 is 8.42 Å². The SMILES string of the molecule is C#CCCCNS(=O)(=O)c1ccc2c(c1)NCC2. The van der Waals surface area contributed by atoms with Gasteiger partial charge in [-0.05, 0) is 30.5 Å². The highest BCUT2D eigenvalue weighted by Crippen LogP contribution is 2.25. The summed E-state index contributed by atoms with van der Waals surface area (Å²) >= 11 is 0. The predicted molar refractivity (Wildman–Crippen MR) is 71.9 cm³/mol. The van der Waals surface area contributed by atoms with Crippen molar-refractivity contribution in [2.75, 3.05) is 18.4 Å². The molecule has 0 saturated heterocycles. The van der Waals surface area contributed by atoms with Gasteiger partial charge in [0.15, 0.2) is 0 Å². The van der Waals surface area contributed by atoms with Gasteiger partial charge < -0.3 is 5.32 Å². The van der Waals surface area contributed by atoms with E-state index >= 15 is 0 Å². The minimum Gasteiger partial charge on any atom is -0.384 e. The van der Waals surface area contributed by atoms with Crippen molar-refractivity contribution in [2.24, 2.45) is 0 Å². The van der Waals surface area contributed by atoms with E-state index in [0.717, 1.165) is 18.7 Å². The van der Waals surface area contributed by atoms with Crippen molar-refractivity contribution in [3.05, 3.63) is 23.8 Å². The summed E-state index contributed by atoms with van der Waals surface area (Å²) in [5.41, 5.74) is 2.09. The molecule has 1 aromatic rings. The third kappa shape index (κ3) is 2.84. The van der Waals surface area contributed by atoms with Crippen molar-refractivity contribution in [1.82, 2.24) is 4.72 Å². The summed E-state index contributed by atoms with van der Waals surface area (Å²) in [4.78, 5) is 0.302. The second kappa shape index (κ2) is 5.42. The maximum atomic E-state index is 12.0. The Labute approximate surface area is 108 Å². The average Bonchev–Trinajstić information content (AvgIpc) is 2.82. The van der Waals surface area contributed by atoms with Gasteiger partial charge in [0.1, 0.15) is 0 Å². The minimum absolute atomic E-state index is 0.302. The van der Waals surface area contributed by atoms with Gasteiger partial charge in [0.25, 0.3) is 0 Å². The van der Waals surface area contributed by atoms with Crippen LogP contribution in [0.4, 0.5) is 5.69 Å². The number of benzene rings is 1. The molecule has 0 aromatic heterocycles. The van der Waals surface area contributed by atoms with Crippen molar-refractivity contribution in [1.29, 1.82) is 0 Å². The molecule has 2 N–H and O–H groups in total. The second-order valence-electron chi connectivity index (χ2n) is 4.20. The number of nitrogens with one attached hydrogen (secondary N) is 2. The minimum atomic E-state index is -3.42. The second-order valence-corrected chi connectivity index (χ2v) is 5.97. The molecule has 0 radical (unpaired) electrons. The molecule has 96 valence electrons. The number of rotatable bonds is 5. The van der Waals surface area contributed by atoms with Crippen molar-refractivity contribution in [3.63, 3.8) is 0 Å². The summed E-state index contributed by atoms with van der Waals surface area (Å²) in [6.07, 6.45) is 7.29. The number of sulfonamides is 1. The van der Waals surface area contributed by atoms with Crippen LogP contribution < -0.4 is 10.0 Å².